The lowest BCUT2D eigenvalue weighted by molar-refractivity contribution is -0.868. The minimum atomic E-state index is 0. The van der Waals surface area contributed by atoms with E-state index >= 15 is 0 Å². The number of amidine groups is 1. The molecule has 0 spiro atoms. The van der Waals surface area contributed by atoms with Gasteiger partial charge in [-0.2, -0.15) is 0 Å². The highest BCUT2D eigenvalue weighted by molar-refractivity contribution is 5.78. The van der Waals surface area contributed by atoms with Crippen molar-refractivity contribution in [2.24, 2.45) is 4.99 Å². The smallest absolute Gasteiger partial charge is 0.199 e. The van der Waals surface area contributed by atoms with Gasteiger partial charge in [0.25, 0.3) is 0 Å². The van der Waals surface area contributed by atoms with E-state index in [9.17, 15) is 0 Å². The predicted molar refractivity (Wildman–Crippen MR) is 300 cm³/mol. The van der Waals surface area contributed by atoms with Crippen LogP contribution >= 0.6 is 0 Å². The Morgan fingerprint density at radius 2 is 0.545 bits per heavy atom. The van der Waals surface area contributed by atoms with Crippen LogP contribution in [-0.4, -0.2) is 40.5 Å². The van der Waals surface area contributed by atoms with Crippen molar-refractivity contribution in [2.45, 2.75) is 387 Å². The molecule has 3 nitrogen and oxygen atoms in total. The quantitative estimate of drug-likeness (QED) is 0.0443. The third-order valence-corrected chi connectivity index (χ3v) is 16.4. The summed E-state index contributed by atoms with van der Waals surface area (Å²) < 4.78 is 1.34. The van der Waals surface area contributed by atoms with Gasteiger partial charge in [-0.1, -0.05) is 311 Å². The molecule has 1 N–H and O–H groups in total. The highest BCUT2D eigenvalue weighted by Crippen LogP contribution is 2.47. The minimum Gasteiger partial charge on any atom is -0.870 e. The van der Waals surface area contributed by atoms with Gasteiger partial charge in [0.1, 0.15) is 11.6 Å². The zero-order valence-corrected chi connectivity index (χ0v) is 47.1. The van der Waals surface area contributed by atoms with Crippen molar-refractivity contribution in [3.8, 4) is 0 Å². The van der Waals surface area contributed by atoms with E-state index in [1.165, 1.54) is 351 Å². The molecule has 0 aromatic heterocycles. The normalized spacial score (nSPS) is 15.4. The molecule has 0 saturated heterocycles. The second-order valence-corrected chi connectivity index (χ2v) is 22.5. The molecule has 1 aliphatic heterocycles. The maximum absolute atomic E-state index is 6.46. The van der Waals surface area contributed by atoms with Gasteiger partial charge in [0.05, 0.1) is 13.1 Å². The number of unbranched alkanes of at least 4 members (excludes halogenated alkanes) is 42. The first-order valence-electron chi connectivity index (χ1n) is 31.6. The fraction of sp³-hybridized carbons (Fsp3) is 0.984. The second-order valence-electron chi connectivity index (χ2n) is 22.5. The van der Waals surface area contributed by atoms with E-state index in [2.05, 4.69) is 41.5 Å². The first-order chi connectivity index (χ1) is 32.1. The third kappa shape index (κ3) is 33.2. The molecule has 1 heterocycles. The van der Waals surface area contributed by atoms with Crippen molar-refractivity contribution in [2.75, 3.05) is 13.1 Å². The largest absolute Gasteiger partial charge is 0.870 e. The highest BCUT2D eigenvalue weighted by atomic mass is 16.0. The lowest BCUT2D eigenvalue weighted by atomic mass is 9.77. The Morgan fingerprint density at radius 1 is 0.303 bits per heavy atom. The summed E-state index contributed by atoms with van der Waals surface area (Å²) in [6, 6.07) is 0.731. The number of nitrogens with zero attached hydrogens (tertiary/aromatic N) is 2. The molecule has 3 heteroatoms. The average molecular weight is 930 g/mol. The monoisotopic (exact) mass is 929 g/mol. The molecule has 66 heavy (non-hydrogen) atoms. The van der Waals surface area contributed by atoms with Crippen LogP contribution < -0.4 is 0 Å². The van der Waals surface area contributed by atoms with Crippen LogP contribution in [0.15, 0.2) is 4.99 Å². The van der Waals surface area contributed by atoms with Gasteiger partial charge in [0.15, 0.2) is 5.84 Å². The number of rotatable bonds is 54. The summed E-state index contributed by atoms with van der Waals surface area (Å²) in [5, 5.41) is 0. The van der Waals surface area contributed by atoms with Gasteiger partial charge in [-0.25, -0.2) is 4.99 Å². The molecule has 0 aliphatic carbocycles. The number of quaternary nitrogens is 1. The molecule has 0 amide bonds. The molecule has 0 radical (unpaired) electrons. The number of hydrogen-bond acceptors (Lipinski definition) is 2. The van der Waals surface area contributed by atoms with Gasteiger partial charge < -0.3 is 5.48 Å². The van der Waals surface area contributed by atoms with Crippen LogP contribution in [0.1, 0.15) is 375 Å². The fourth-order valence-corrected chi connectivity index (χ4v) is 12.2. The summed E-state index contributed by atoms with van der Waals surface area (Å²) in [6.07, 6.45) is 74.3. The molecule has 0 aromatic carbocycles. The Morgan fingerprint density at radius 3 is 0.848 bits per heavy atom. The maximum atomic E-state index is 6.46. The van der Waals surface area contributed by atoms with E-state index in [-0.39, 0.29) is 11.0 Å². The average Bonchev–Trinajstić information content (AvgIpc) is 3.56. The summed E-state index contributed by atoms with van der Waals surface area (Å²) >= 11 is 0. The summed E-state index contributed by atoms with van der Waals surface area (Å²) in [4.78, 5) is 6.46. The van der Waals surface area contributed by atoms with Gasteiger partial charge >= 0.3 is 0 Å². The Bertz CT molecular complexity index is 935. The minimum absolute atomic E-state index is 0. The van der Waals surface area contributed by atoms with Crippen molar-refractivity contribution < 1.29 is 9.96 Å². The molecular formula is C63H128N2O. The third-order valence-electron chi connectivity index (χ3n) is 16.4. The Labute approximate surface area is 419 Å². The summed E-state index contributed by atoms with van der Waals surface area (Å²) in [6.45, 7) is 17.0. The van der Waals surface area contributed by atoms with Gasteiger partial charge in [-0.3, -0.25) is 4.48 Å². The van der Waals surface area contributed by atoms with E-state index in [0.717, 1.165) is 6.04 Å². The molecule has 396 valence electrons. The van der Waals surface area contributed by atoms with Crippen molar-refractivity contribution in [1.29, 1.82) is 0 Å². The SMILES string of the molecule is CCCCCCCCCCC1=NC(CCCCCCCCCC)(CCCCCCCCCC)C(CCCCCCCCCC)[N+]1(CCCCCCCCCC)CCCCCCCCCC.[OH-]. The van der Waals surface area contributed by atoms with Crippen LogP contribution in [-0.2, 0) is 0 Å². The van der Waals surface area contributed by atoms with E-state index in [0.29, 0.717) is 0 Å². The Hall–Kier alpha value is -0.410. The lowest BCUT2D eigenvalue weighted by Crippen LogP contribution is -2.62. The molecule has 0 saturated carbocycles. The maximum Gasteiger partial charge on any atom is 0.199 e. The lowest BCUT2D eigenvalue weighted by Gasteiger charge is -2.46. The number of aliphatic imine (C=N–C) groups is 1. The molecule has 0 aromatic rings. The molecule has 1 rings (SSSR count). The van der Waals surface area contributed by atoms with Gasteiger partial charge in [-0.15, -0.1) is 0 Å². The van der Waals surface area contributed by atoms with Crippen molar-refractivity contribution in [3.63, 3.8) is 0 Å². The molecular weight excluding hydrogens is 801 g/mol. The number of hydrogen-bond donors (Lipinski definition) is 0. The summed E-state index contributed by atoms with van der Waals surface area (Å²) in [5.74, 6) is 1.74. The van der Waals surface area contributed by atoms with E-state index in [4.69, 9.17) is 4.99 Å². The molecule has 0 bridgehead atoms. The second kappa shape index (κ2) is 49.6. The van der Waals surface area contributed by atoms with Crippen molar-refractivity contribution >= 4 is 5.84 Å². The molecule has 0 fully saturated rings. The standard InChI is InChI=1S/C63H127N2.H2O/c1-7-13-19-25-31-37-43-49-55-61-63(57-51-45-39-33-27-21-15-9-3,58-52-46-40-34-28-22-16-10-4)64-62(56-50-44-38-32-26-20-14-8-2)65(61,59-53-47-41-35-29-23-17-11-5)60-54-48-42-36-30-24-18-12-6;/h61H,7-60H2,1-6H3;1H2/q+1;/p-1. The molecule has 1 unspecified atom stereocenters. The first kappa shape index (κ1) is 65.6. The van der Waals surface area contributed by atoms with Crippen molar-refractivity contribution in [1.82, 2.24) is 0 Å². The predicted octanol–water partition coefficient (Wildman–Crippen LogP) is 22.6. The van der Waals surface area contributed by atoms with Crippen molar-refractivity contribution in [3.05, 3.63) is 0 Å². The zero-order chi connectivity index (χ0) is 47.0. The summed E-state index contributed by atoms with van der Waals surface area (Å²) in [7, 11) is 0. The Balaban J connectivity index is 0.0000422. The fourth-order valence-electron chi connectivity index (χ4n) is 12.2. The van der Waals surface area contributed by atoms with E-state index < -0.39 is 0 Å². The van der Waals surface area contributed by atoms with Crippen LogP contribution in [0.4, 0.5) is 0 Å². The van der Waals surface area contributed by atoms with Gasteiger partial charge in [-0.05, 0) is 51.4 Å². The molecule has 1 atom stereocenters. The molecule has 1 aliphatic rings. The zero-order valence-electron chi connectivity index (χ0n) is 47.1. The van der Waals surface area contributed by atoms with Crippen LogP contribution in [0.5, 0.6) is 0 Å². The first-order valence-corrected chi connectivity index (χ1v) is 31.6. The van der Waals surface area contributed by atoms with E-state index in [1.54, 1.807) is 5.84 Å². The van der Waals surface area contributed by atoms with E-state index in [1.807, 2.05) is 0 Å². The van der Waals surface area contributed by atoms with Crippen LogP contribution in [0, 0.1) is 0 Å². The highest BCUT2D eigenvalue weighted by Gasteiger charge is 2.57. The van der Waals surface area contributed by atoms with Crippen LogP contribution in [0.25, 0.3) is 0 Å². The van der Waals surface area contributed by atoms with Gasteiger partial charge in [0, 0.05) is 12.8 Å². The van der Waals surface area contributed by atoms with Gasteiger partial charge in [0.2, 0.25) is 0 Å². The van der Waals surface area contributed by atoms with Crippen LogP contribution in [0.2, 0.25) is 0 Å². The van der Waals surface area contributed by atoms with Crippen LogP contribution in [0.3, 0.4) is 0 Å². The topological polar surface area (TPSA) is 42.4 Å². The summed E-state index contributed by atoms with van der Waals surface area (Å²) in [5.41, 5.74) is 0.182. The Kier molecular flexibility index (Phi) is 49.3.